The first-order valence-corrected chi connectivity index (χ1v) is 8.51. The quantitative estimate of drug-likeness (QED) is 0.729. The smallest absolute Gasteiger partial charge is 0.358 e. The number of nitrogens with zero attached hydrogens (tertiary/aromatic N) is 3. The van der Waals surface area contributed by atoms with Gasteiger partial charge in [0.2, 0.25) is 0 Å². The molecule has 1 aromatic carbocycles. The number of carbonyl (C=O) groups excluding carboxylic acids is 1. The van der Waals surface area contributed by atoms with Crippen LogP contribution >= 0.6 is 11.6 Å². The van der Waals surface area contributed by atoms with Gasteiger partial charge in [0.05, 0.1) is 7.11 Å². The monoisotopic (exact) mass is 345 g/mol. The molecule has 0 unspecified atom stereocenters. The molecule has 1 aromatic heterocycles. The molecule has 0 saturated heterocycles. The standard InChI is InChI=1S/C18H20ClN3O2/c1-3-11-22(13-7-5-4-6-8-13)17-14(19)15(18(23)24-2)20-16(21-17)12-9-10-12/h4-8,12H,3,9-11H2,1-2H3. The van der Waals surface area contributed by atoms with Crippen LogP contribution < -0.4 is 4.90 Å². The first-order chi connectivity index (χ1) is 11.7. The molecule has 0 radical (unpaired) electrons. The summed E-state index contributed by atoms with van der Waals surface area (Å²) in [4.78, 5) is 23.2. The average molecular weight is 346 g/mol. The number of carbonyl (C=O) groups is 1. The number of ether oxygens (including phenoxy) is 1. The molecule has 5 nitrogen and oxygen atoms in total. The highest BCUT2D eigenvalue weighted by Crippen LogP contribution is 2.41. The number of hydrogen-bond acceptors (Lipinski definition) is 5. The van der Waals surface area contributed by atoms with Gasteiger partial charge in [0.25, 0.3) is 0 Å². The number of methoxy groups -OCH3 is 1. The Morgan fingerprint density at radius 2 is 2.00 bits per heavy atom. The maximum absolute atomic E-state index is 12.1. The minimum atomic E-state index is -0.532. The predicted octanol–water partition coefficient (Wildman–Crippen LogP) is 4.34. The fraction of sp³-hybridized carbons (Fsp3) is 0.389. The van der Waals surface area contributed by atoms with Gasteiger partial charge in [0.1, 0.15) is 10.8 Å². The van der Waals surface area contributed by atoms with Gasteiger partial charge < -0.3 is 9.64 Å². The van der Waals surface area contributed by atoms with Gasteiger partial charge >= 0.3 is 5.97 Å². The molecule has 0 amide bonds. The van der Waals surface area contributed by atoms with Gasteiger partial charge in [0.15, 0.2) is 11.5 Å². The summed E-state index contributed by atoms with van der Waals surface area (Å²) < 4.78 is 4.84. The molecule has 1 heterocycles. The normalized spacial score (nSPS) is 13.6. The van der Waals surface area contributed by atoms with Crippen molar-refractivity contribution in [2.75, 3.05) is 18.6 Å². The largest absolute Gasteiger partial charge is 0.464 e. The zero-order valence-electron chi connectivity index (χ0n) is 13.8. The van der Waals surface area contributed by atoms with Gasteiger partial charge in [-0.1, -0.05) is 36.7 Å². The summed E-state index contributed by atoms with van der Waals surface area (Å²) in [6, 6.07) is 9.91. The van der Waals surface area contributed by atoms with E-state index in [2.05, 4.69) is 16.9 Å². The van der Waals surface area contributed by atoms with Crippen LogP contribution in [0.4, 0.5) is 11.5 Å². The summed E-state index contributed by atoms with van der Waals surface area (Å²) in [5.74, 6) is 1.02. The lowest BCUT2D eigenvalue weighted by molar-refractivity contribution is 0.0593. The first-order valence-electron chi connectivity index (χ1n) is 8.14. The summed E-state index contributed by atoms with van der Waals surface area (Å²) >= 11 is 6.49. The van der Waals surface area contributed by atoms with Crippen molar-refractivity contribution >= 4 is 29.1 Å². The first kappa shape index (κ1) is 16.7. The van der Waals surface area contributed by atoms with E-state index >= 15 is 0 Å². The zero-order chi connectivity index (χ0) is 17.1. The van der Waals surface area contributed by atoms with Crippen molar-refractivity contribution in [2.45, 2.75) is 32.1 Å². The van der Waals surface area contributed by atoms with Crippen LogP contribution in [-0.2, 0) is 4.74 Å². The van der Waals surface area contributed by atoms with E-state index in [0.717, 1.165) is 31.5 Å². The third-order valence-electron chi connectivity index (χ3n) is 3.94. The van der Waals surface area contributed by atoms with E-state index in [0.29, 0.717) is 17.6 Å². The van der Waals surface area contributed by atoms with Crippen LogP contribution in [0.15, 0.2) is 30.3 Å². The molecule has 0 N–H and O–H groups in total. The van der Waals surface area contributed by atoms with Gasteiger partial charge in [-0.15, -0.1) is 0 Å². The summed E-state index contributed by atoms with van der Waals surface area (Å²) in [6.45, 7) is 2.83. The van der Waals surface area contributed by atoms with Gasteiger partial charge in [0, 0.05) is 18.2 Å². The molecule has 0 atom stereocenters. The second kappa shape index (κ2) is 7.18. The van der Waals surface area contributed by atoms with E-state index in [1.807, 2.05) is 35.2 Å². The average Bonchev–Trinajstić information content (AvgIpc) is 3.45. The summed E-state index contributed by atoms with van der Waals surface area (Å²) in [5.41, 5.74) is 1.13. The maximum Gasteiger partial charge on any atom is 0.358 e. The molecule has 0 spiro atoms. The van der Waals surface area contributed by atoms with Gasteiger partial charge in [-0.05, 0) is 31.4 Å². The number of aromatic nitrogens is 2. The SMILES string of the molecule is CCCN(c1ccccc1)c1nc(C2CC2)nc(C(=O)OC)c1Cl. The second-order valence-electron chi connectivity index (χ2n) is 5.82. The zero-order valence-corrected chi connectivity index (χ0v) is 14.6. The molecule has 1 saturated carbocycles. The van der Waals surface area contributed by atoms with Crippen molar-refractivity contribution in [3.8, 4) is 0 Å². The Bertz CT molecular complexity index is 733. The Morgan fingerprint density at radius 1 is 1.29 bits per heavy atom. The third-order valence-corrected chi connectivity index (χ3v) is 4.29. The number of halogens is 1. The van der Waals surface area contributed by atoms with Crippen molar-refractivity contribution in [1.82, 2.24) is 9.97 Å². The lowest BCUT2D eigenvalue weighted by Crippen LogP contribution is -2.22. The number of anilines is 2. The number of esters is 1. The second-order valence-corrected chi connectivity index (χ2v) is 6.20. The van der Waals surface area contributed by atoms with E-state index in [4.69, 9.17) is 16.3 Å². The number of benzene rings is 1. The Kier molecular flexibility index (Phi) is 5.00. The van der Waals surface area contributed by atoms with Crippen molar-refractivity contribution < 1.29 is 9.53 Å². The fourth-order valence-corrected chi connectivity index (χ4v) is 2.84. The molecule has 2 aromatic rings. The Balaban J connectivity index is 2.12. The fourth-order valence-electron chi connectivity index (χ4n) is 2.58. The molecule has 24 heavy (non-hydrogen) atoms. The lowest BCUT2D eigenvalue weighted by atomic mass is 10.2. The molecule has 0 aliphatic heterocycles. The molecule has 0 bridgehead atoms. The molecule has 1 aliphatic rings. The van der Waals surface area contributed by atoms with Crippen LogP contribution in [0.25, 0.3) is 0 Å². The maximum atomic E-state index is 12.1. The number of hydrogen-bond donors (Lipinski definition) is 0. The van der Waals surface area contributed by atoms with Crippen LogP contribution in [0.1, 0.15) is 48.4 Å². The van der Waals surface area contributed by atoms with E-state index in [9.17, 15) is 4.79 Å². The van der Waals surface area contributed by atoms with Crippen LogP contribution in [0, 0.1) is 0 Å². The minimum Gasteiger partial charge on any atom is -0.464 e. The molecule has 6 heteroatoms. The summed E-state index contributed by atoms with van der Waals surface area (Å²) in [6.07, 6.45) is 3.00. The van der Waals surface area contributed by atoms with Gasteiger partial charge in [-0.25, -0.2) is 14.8 Å². The topological polar surface area (TPSA) is 55.3 Å². The molecular formula is C18H20ClN3O2. The van der Waals surface area contributed by atoms with Crippen LogP contribution in [0.5, 0.6) is 0 Å². The summed E-state index contributed by atoms with van der Waals surface area (Å²) in [7, 11) is 1.33. The predicted molar refractivity (Wildman–Crippen MR) is 94.1 cm³/mol. The van der Waals surface area contributed by atoms with Crippen LogP contribution in [-0.4, -0.2) is 29.6 Å². The van der Waals surface area contributed by atoms with Crippen molar-refractivity contribution in [2.24, 2.45) is 0 Å². The van der Waals surface area contributed by atoms with Gasteiger partial charge in [-0.2, -0.15) is 0 Å². The van der Waals surface area contributed by atoms with E-state index < -0.39 is 5.97 Å². The minimum absolute atomic E-state index is 0.142. The Morgan fingerprint density at radius 3 is 2.58 bits per heavy atom. The molecule has 3 rings (SSSR count). The molecule has 1 aliphatic carbocycles. The molecule has 126 valence electrons. The highest BCUT2D eigenvalue weighted by molar-refractivity contribution is 6.35. The molecule has 1 fully saturated rings. The highest BCUT2D eigenvalue weighted by Gasteiger charge is 2.31. The highest BCUT2D eigenvalue weighted by atomic mass is 35.5. The third kappa shape index (κ3) is 3.36. The van der Waals surface area contributed by atoms with E-state index in [1.54, 1.807) is 0 Å². The Labute approximate surface area is 146 Å². The van der Waals surface area contributed by atoms with Crippen molar-refractivity contribution in [1.29, 1.82) is 0 Å². The van der Waals surface area contributed by atoms with Crippen LogP contribution in [0.3, 0.4) is 0 Å². The number of para-hydroxylation sites is 1. The van der Waals surface area contributed by atoms with Crippen molar-refractivity contribution in [3.05, 3.63) is 46.9 Å². The lowest BCUT2D eigenvalue weighted by Gasteiger charge is -2.25. The molecular weight excluding hydrogens is 326 g/mol. The summed E-state index contributed by atoms with van der Waals surface area (Å²) in [5, 5.41) is 0.239. The van der Waals surface area contributed by atoms with Crippen LogP contribution in [0.2, 0.25) is 5.02 Å². The van der Waals surface area contributed by atoms with E-state index in [1.165, 1.54) is 7.11 Å². The number of rotatable bonds is 6. The van der Waals surface area contributed by atoms with Gasteiger partial charge in [-0.3, -0.25) is 0 Å². The van der Waals surface area contributed by atoms with Crippen molar-refractivity contribution in [3.63, 3.8) is 0 Å². The van der Waals surface area contributed by atoms with E-state index in [-0.39, 0.29) is 10.7 Å². The Hall–Kier alpha value is -2.14.